The van der Waals surface area contributed by atoms with E-state index in [1.807, 2.05) is 31.2 Å². The van der Waals surface area contributed by atoms with Crippen molar-refractivity contribution in [3.63, 3.8) is 0 Å². The maximum atomic E-state index is 12.1. The van der Waals surface area contributed by atoms with Gasteiger partial charge >= 0.3 is 0 Å². The zero-order valence-electron chi connectivity index (χ0n) is 13.4. The van der Waals surface area contributed by atoms with Crippen LogP contribution in [0.1, 0.15) is 36.4 Å². The molecule has 1 aromatic carbocycles. The summed E-state index contributed by atoms with van der Waals surface area (Å²) in [4.78, 5) is 12.1. The molecule has 0 saturated carbocycles. The van der Waals surface area contributed by atoms with Crippen LogP contribution in [0.25, 0.3) is 6.08 Å². The van der Waals surface area contributed by atoms with Crippen LogP contribution in [0.15, 0.2) is 30.3 Å². The Morgan fingerprint density at radius 2 is 2.33 bits per heavy atom. The fourth-order valence-corrected chi connectivity index (χ4v) is 3.24. The molecular formula is C17H19N3O3S. The van der Waals surface area contributed by atoms with Crippen molar-refractivity contribution in [3.8, 4) is 5.75 Å². The molecule has 7 heteroatoms. The Bertz CT molecular complexity index is 723. The molecular weight excluding hydrogens is 326 g/mol. The molecule has 3 rings (SSSR count). The molecule has 1 saturated heterocycles. The summed E-state index contributed by atoms with van der Waals surface area (Å²) in [7, 11) is 0. The van der Waals surface area contributed by atoms with Crippen LogP contribution in [0.5, 0.6) is 5.75 Å². The average Bonchev–Trinajstić information content (AvgIpc) is 3.25. The fourth-order valence-electron chi connectivity index (χ4n) is 2.41. The van der Waals surface area contributed by atoms with Crippen molar-refractivity contribution < 1.29 is 14.3 Å². The minimum absolute atomic E-state index is 0.0155. The van der Waals surface area contributed by atoms with Crippen LogP contribution in [-0.4, -0.2) is 29.3 Å². The van der Waals surface area contributed by atoms with E-state index >= 15 is 0 Å². The minimum Gasteiger partial charge on any atom is -0.493 e. The Morgan fingerprint density at radius 1 is 1.46 bits per heavy atom. The Labute approximate surface area is 144 Å². The van der Waals surface area contributed by atoms with E-state index in [-0.39, 0.29) is 12.0 Å². The van der Waals surface area contributed by atoms with Crippen molar-refractivity contribution in [1.82, 2.24) is 10.2 Å². The Kier molecular flexibility index (Phi) is 5.55. The predicted molar refractivity (Wildman–Crippen MR) is 93.1 cm³/mol. The third-order valence-corrected chi connectivity index (χ3v) is 4.44. The number of benzene rings is 1. The van der Waals surface area contributed by atoms with Crippen molar-refractivity contribution in [3.05, 3.63) is 40.9 Å². The number of nitrogens with zero attached hydrogens (tertiary/aromatic N) is 2. The fraction of sp³-hybridized carbons (Fsp3) is 0.353. The smallest absolute Gasteiger partial charge is 0.250 e. The molecule has 2 heterocycles. The molecule has 0 bridgehead atoms. The molecule has 126 valence electrons. The lowest BCUT2D eigenvalue weighted by atomic mass is 10.2. The third kappa shape index (κ3) is 4.18. The lowest BCUT2D eigenvalue weighted by Crippen LogP contribution is -2.07. The zero-order valence-corrected chi connectivity index (χ0v) is 14.2. The van der Waals surface area contributed by atoms with E-state index < -0.39 is 0 Å². The van der Waals surface area contributed by atoms with Crippen LogP contribution in [0.3, 0.4) is 0 Å². The van der Waals surface area contributed by atoms with Gasteiger partial charge in [0.25, 0.3) is 0 Å². The van der Waals surface area contributed by atoms with Gasteiger partial charge in [0.2, 0.25) is 11.0 Å². The van der Waals surface area contributed by atoms with E-state index in [0.29, 0.717) is 11.7 Å². The van der Waals surface area contributed by atoms with Gasteiger partial charge in [0, 0.05) is 18.2 Å². The van der Waals surface area contributed by atoms with Gasteiger partial charge in [-0.25, -0.2) is 0 Å². The number of aromatic nitrogens is 2. The van der Waals surface area contributed by atoms with Crippen LogP contribution in [0.2, 0.25) is 0 Å². The standard InChI is InChI=1S/C17H19N3O3S/c1-2-22-13-7-4-3-6-12(13)9-10-15(21)18-17-20-19-16(24-17)14-8-5-11-23-14/h3-4,6-7,9-10,14H,2,5,8,11H2,1H3,(H,18,20,21)/b10-9+. The number of ether oxygens (including phenoxy) is 2. The first-order valence-electron chi connectivity index (χ1n) is 7.92. The minimum atomic E-state index is -0.253. The monoisotopic (exact) mass is 345 g/mol. The number of carbonyl (C=O) groups excluding carboxylic acids is 1. The van der Waals surface area contributed by atoms with Gasteiger partial charge in [-0.3, -0.25) is 10.1 Å². The van der Waals surface area contributed by atoms with Gasteiger partial charge in [-0.2, -0.15) is 0 Å². The molecule has 0 aliphatic carbocycles. The third-order valence-electron chi connectivity index (χ3n) is 3.51. The summed E-state index contributed by atoms with van der Waals surface area (Å²) in [6, 6.07) is 7.57. The molecule has 2 aromatic rings. The molecule has 1 atom stereocenters. The van der Waals surface area contributed by atoms with E-state index in [1.54, 1.807) is 6.08 Å². The first-order chi connectivity index (χ1) is 11.8. The normalized spacial score (nSPS) is 17.3. The molecule has 24 heavy (non-hydrogen) atoms. The van der Waals surface area contributed by atoms with Crippen molar-refractivity contribution in [2.45, 2.75) is 25.9 Å². The van der Waals surface area contributed by atoms with Crippen molar-refractivity contribution >= 4 is 28.5 Å². The topological polar surface area (TPSA) is 73.3 Å². The lowest BCUT2D eigenvalue weighted by molar-refractivity contribution is -0.111. The van der Waals surface area contributed by atoms with Crippen molar-refractivity contribution in [2.24, 2.45) is 0 Å². The largest absolute Gasteiger partial charge is 0.493 e. The summed E-state index contributed by atoms with van der Waals surface area (Å²) in [5.74, 6) is 0.497. The highest BCUT2D eigenvalue weighted by Gasteiger charge is 2.22. The second-order valence-corrected chi connectivity index (χ2v) is 6.25. The van der Waals surface area contributed by atoms with E-state index in [1.165, 1.54) is 17.4 Å². The molecule has 1 aliphatic rings. The van der Waals surface area contributed by atoms with Crippen molar-refractivity contribution in [2.75, 3.05) is 18.5 Å². The first-order valence-corrected chi connectivity index (χ1v) is 8.74. The second-order valence-electron chi connectivity index (χ2n) is 5.24. The van der Waals surface area contributed by atoms with Crippen LogP contribution in [0, 0.1) is 0 Å². The number of hydrogen-bond donors (Lipinski definition) is 1. The summed E-state index contributed by atoms with van der Waals surface area (Å²) in [5.41, 5.74) is 0.854. The Morgan fingerprint density at radius 3 is 3.12 bits per heavy atom. The first kappa shape index (κ1) is 16.6. The SMILES string of the molecule is CCOc1ccccc1/C=C/C(=O)Nc1nnc(C2CCCO2)s1. The number of anilines is 1. The number of amides is 1. The number of carbonyl (C=O) groups is 1. The van der Waals surface area contributed by atoms with Crippen LogP contribution in [0.4, 0.5) is 5.13 Å². The quantitative estimate of drug-likeness (QED) is 0.812. The van der Waals surface area contributed by atoms with E-state index in [0.717, 1.165) is 35.8 Å². The molecule has 1 unspecified atom stereocenters. The van der Waals surface area contributed by atoms with Gasteiger partial charge in [-0.05, 0) is 31.9 Å². The van der Waals surface area contributed by atoms with Crippen LogP contribution in [-0.2, 0) is 9.53 Å². The predicted octanol–water partition coefficient (Wildman–Crippen LogP) is 3.44. The molecule has 1 amide bonds. The highest BCUT2D eigenvalue weighted by molar-refractivity contribution is 7.15. The molecule has 0 radical (unpaired) electrons. The highest BCUT2D eigenvalue weighted by atomic mass is 32.1. The molecule has 0 spiro atoms. The number of hydrogen-bond acceptors (Lipinski definition) is 6. The molecule has 6 nitrogen and oxygen atoms in total. The van der Waals surface area contributed by atoms with E-state index in [2.05, 4.69) is 15.5 Å². The number of rotatable bonds is 6. The Balaban J connectivity index is 1.61. The Hall–Kier alpha value is -2.25. The van der Waals surface area contributed by atoms with Crippen molar-refractivity contribution in [1.29, 1.82) is 0 Å². The summed E-state index contributed by atoms with van der Waals surface area (Å²) >= 11 is 1.35. The number of nitrogens with one attached hydrogen (secondary N) is 1. The summed E-state index contributed by atoms with van der Waals surface area (Å²) in [5, 5.41) is 12.1. The summed E-state index contributed by atoms with van der Waals surface area (Å²) in [6.45, 7) is 3.26. The molecule has 1 aliphatic heterocycles. The van der Waals surface area contributed by atoms with E-state index in [9.17, 15) is 4.79 Å². The maximum Gasteiger partial charge on any atom is 0.250 e. The zero-order chi connectivity index (χ0) is 16.8. The van der Waals surface area contributed by atoms with Crippen LogP contribution >= 0.6 is 11.3 Å². The van der Waals surface area contributed by atoms with Gasteiger partial charge in [0.1, 0.15) is 16.9 Å². The van der Waals surface area contributed by atoms with Gasteiger partial charge in [-0.1, -0.05) is 29.5 Å². The van der Waals surface area contributed by atoms with Gasteiger partial charge in [-0.15, -0.1) is 10.2 Å². The molecule has 1 N–H and O–H groups in total. The molecule has 1 aromatic heterocycles. The molecule has 1 fully saturated rings. The van der Waals surface area contributed by atoms with Gasteiger partial charge in [0.15, 0.2) is 0 Å². The number of para-hydroxylation sites is 1. The average molecular weight is 345 g/mol. The van der Waals surface area contributed by atoms with Gasteiger partial charge < -0.3 is 9.47 Å². The second kappa shape index (κ2) is 8.03. The lowest BCUT2D eigenvalue weighted by Gasteiger charge is -2.06. The highest BCUT2D eigenvalue weighted by Crippen LogP contribution is 2.31. The van der Waals surface area contributed by atoms with Gasteiger partial charge in [0.05, 0.1) is 6.61 Å². The van der Waals surface area contributed by atoms with Crippen LogP contribution < -0.4 is 10.1 Å². The summed E-state index contributed by atoms with van der Waals surface area (Å²) < 4.78 is 11.1. The summed E-state index contributed by atoms with van der Waals surface area (Å²) in [6.07, 6.45) is 5.19. The van der Waals surface area contributed by atoms with E-state index in [4.69, 9.17) is 9.47 Å². The maximum absolute atomic E-state index is 12.1.